The van der Waals surface area contributed by atoms with Gasteiger partial charge in [0.2, 0.25) is 0 Å². The highest BCUT2D eigenvalue weighted by atomic mass is 19.4. The molecule has 0 amide bonds. The van der Waals surface area contributed by atoms with Crippen LogP contribution in [0.4, 0.5) is 13.2 Å². The van der Waals surface area contributed by atoms with E-state index in [0.29, 0.717) is 11.2 Å². The molecule has 0 saturated carbocycles. The van der Waals surface area contributed by atoms with Crippen molar-refractivity contribution >= 4 is 13.3 Å². The van der Waals surface area contributed by atoms with Crippen LogP contribution in [-0.4, -0.2) is 15.0 Å². The summed E-state index contributed by atoms with van der Waals surface area (Å²) >= 11 is 0. The van der Waals surface area contributed by atoms with Crippen LogP contribution in [0.3, 0.4) is 0 Å². The number of benzene rings is 1. The first-order chi connectivity index (χ1) is 5.95. The van der Waals surface area contributed by atoms with Gasteiger partial charge in [0.15, 0.2) is 0 Å². The molecule has 1 aromatic rings. The van der Waals surface area contributed by atoms with Gasteiger partial charge in [-0.25, -0.2) is 0 Å². The van der Waals surface area contributed by atoms with Gasteiger partial charge in [-0.05, 0) is 17.6 Å². The second-order valence-corrected chi connectivity index (χ2v) is 2.68. The zero-order chi connectivity index (χ0) is 10.1. The number of methoxy groups -OCH3 is 1. The molecule has 0 bridgehead atoms. The van der Waals surface area contributed by atoms with E-state index in [1.54, 1.807) is 7.85 Å². The Balaban J connectivity index is 3.10. The second-order valence-electron chi connectivity index (χ2n) is 2.68. The molecule has 1 nitrogen and oxygen atoms in total. The summed E-state index contributed by atoms with van der Waals surface area (Å²) in [5.74, 6) is 0.466. The number of ether oxygens (including phenoxy) is 1. The molecule has 0 aliphatic heterocycles. The summed E-state index contributed by atoms with van der Waals surface area (Å²) in [6.07, 6.45) is -4.28. The normalized spacial score (nSPS) is 11.4. The maximum Gasteiger partial charge on any atom is 0.416 e. The first-order valence-corrected chi connectivity index (χ1v) is 3.67. The van der Waals surface area contributed by atoms with Crippen molar-refractivity contribution in [3.63, 3.8) is 0 Å². The fourth-order valence-corrected chi connectivity index (χ4v) is 1.05. The summed E-state index contributed by atoms with van der Waals surface area (Å²) in [7, 11) is 3.00. The topological polar surface area (TPSA) is 9.23 Å². The molecule has 1 rings (SSSR count). The number of halogens is 3. The molecule has 0 aromatic heterocycles. The highest BCUT2D eigenvalue weighted by Crippen LogP contribution is 2.29. The van der Waals surface area contributed by atoms with Crippen LogP contribution in [-0.2, 0) is 6.18 Å². The van der Waals surface area contributed by atoms with Gasteiger partial charge in [0, 0.05) is 0 Å². The molecular formula is C8H8BF3O. The van der Waals surface area contributed by atoms with Gasteiger partial charge in [-0.1, -0.05) is 6.07 Å². The van der Waals surface area contributed by atoms with Crippen LogP contribution in [0.25, 0.3) is 0 Å². The van der Waals surface area contributed by atoms with E-state index in [1.807, 2.05) is 0 Å². The quantitative estimate of drug-likeness (QED) is 0.596. The first kappa shape index (κ1) is 9.96. The van der Waals surface area contributed by atoms with Gasteiger partial charge < -0.3 is 4.74 Å². The van der Waals surface area contributed by atoms with Crippen LogP contribution >= 0.6 is 0 Å². The van der Waals surface area contributed by atoms with E-state index in [1.165, 1.54) is 13.2 Å². The first-order valence-electron chi connectivity index (χ1n) is 3.67. The van der Waals surface area contributed by atoms with Gasteiger partial charge in [-0.3, -0.25) is 0 Å². The number of alkyl halides is 3. The van der Waals surface area contributed by atoms with Crippen LogP contribution in [0, 0.1) is 0 Å². The Morgan fingerprint density at radius 1 is 1.31 bits per heavy atom. The van der Waals surface area contributed by atoms with Crippen molar-refractivity contribution in [3.05, 3.63) is 23.8 Å². The zero-order valence-electron chi connectivity index (χ0n) is 7.27. The van der Waals surface area contributed by atoms with Gasteiger partial charge in [-0.15, -0.1) is 0 Å². The summed E-state index contributed by atoms with van der Waals surface area (Å²) < 4.78 is 41.3. The lowest BCUT2D eigenvalue weighted by atomic mass is 9.93. The van der Waals surface area contributed by atoms with Crippen LogP contribution in [0.1, 0.15) is 5.56 Å². The summed E-state index contributed by atoms with van der Waals surface area (Å²) in [6, 6.07) is 3.39. The molecule has 0 atom stereocenters. The average Bonchev–Trinajstić information content (AvgIpc) is 2.02. The van der Waals surface area contributed by atoms with Crippen LogP contribution in [0.2, 0.25) is 0 Å². The minimum atomic E-state index is -4.28. The van der Waals surface area contributed by atoms with Gasteiger partial charge in [0.05, 0.1) is 12.7 Å². The fourth-order valence-electron chi connectivity index (χ4n) is 1.05. The van der Waals surface area contributed by atoms with Gasteiger partial charge >= 0.3 is 6.18 Å². The third-order valence-corrected chi connectivity index (χ3v) is 1.72. The third-order valence-electron chi connectivity index (χ3n) is 1.72. The molecule has 0 spiro atoms. The summed E-state index contributed by atoms with van der Waals surface area (Å²) in [5, 5.41) is 0. The Morgan fingerprint density at radius 2 is 1.92 bits per heavy atom. The summed E-state index contributed by atoms with van der Waals surface area (Å²) in [5.41, 5.74) is -0.164. The molecule has 0 N–H and O–H groups in total. The number of hydrogen-bond acceptors (Lipinski definition) is 1. The lowest BCUT2D eigenvalue weighted by Crippen LogP contribution is -2.13. The van der Waals surface area contributed by atoms with E-state index in [0.717, 1.165) is 12.1 Å². The van der Waals surface area contributed by atoms with E-state index >= 15 is 0 Å². The molecule has 0 fully saturated rings. The van der Waals surface area contributed by atoms with Crippen molar-refractivity contribution in [3.8, 4) is 5.75 Å². The Kier molecular flexibility index (Phi) is 2.54. The van der Waals surface area contributed by atoms with Crippen molar-refractivity contribution in [2.45, 2.75) is 6.18 Å². The van der Waals surface area contributed by atoms with Crippen molar-refractivity contribution in [1.29, 1.82) is 0 Å². The van der Waals surface area contributed by atoms with Crippen molar-refractivity contribution in [1.82, 2.24) is 0 Å². The Labute approximate surface area is 74.9 Å². The highest BCUT2D eigenvalue weighted by Gasteiger charge is 2.30. The standard InChI is InChI=1S/C8H8BF3O/c1-13-7-3-2-5(4-6(7)9)8(10,11)12/h2-4H,9H2,1H3. The van der Waals surface area contributed by atoms with Crippen LogP contribution in [0.15, 0.2) is 18.2 Å². The van der Waals surface area contributed by atoms with E-state index in [4.69, 9.17) is 4.74 Å². The lowest BCUT2D eigenvalue weighted by Gasteiger charge is -2.09. The SMILES string of the molecule is Bc1cc(C(F)(F)F)ccc1OC. The van der Waals surface area contributed by atoms with Crippen LogP contribution in [0.5, 0.6) is 5.75 Å². The van der Waals surface area contributed by atoms with E-state index in [9.17, 15) is 13.2 Å². The molecule has 0 saturated heterocycles. The molecule has 13 heavy (non-hydrogen) atoms. The molecule has 0 unspecified atom stereocenters. The van der Waals surface area contributed by atoms with Crippen molar-refractivity contribution in [2.24, 2.45) is 0 Å². The molecule has 5 heteroatoms. The van der Waals surface area contributed by atoms with Crippen molar-refractivity contribution < 1.29 is 17.9 Å². The van der Waals surface area contributed by atoms with Gasteiger partial charge in [0.1, 0.15) is 13.6 Å². The second kappa shape index (κ2) is 3.32. The average molecular weight is 188 g/mol. The Bertz CT molecular complexity index is 309. The largest absolute Gasteiger partial charge is 0.497 e. The summed E-state index contributed by atoms with van der Waals surface area (Å²) in [4.78, 5) is 0. The van der Waals surface area contributed by atoms with Crippen molar-refractivity contribution in [2.75, 3.05) is 7.11 Å². The van der Waals surface area contributed by atoms with E-state index in [-0.39, 0.29) is 0 Å². The van der Waals surface area contributed by atoms with Crippen LogP contribution < -0.4 is 10.2 Å². The molecule has 1 aromatic carbocycles. The Morgan fingerprint density at radius 3 is 2.31 bits per heavy atom. The van der Waals surface area contributed by atoms with Gasteiger partial charge in [-0.2, -0.15) is 13.2 Å². The van der Waals surface area contributed by atoms with Gasteiger partial charge in [0.25, 0.3) is 0 Å². The highest BCUT2D eigenvalue weighted by molar-refractivity contribution is 6.34. The fraction of sp³-hybridized carbons (Fsp3) is 0.250. The number of hydrogen-bond donors (Lipinski definition) is 0. The third kappa shape index (κ3) is 2.17. The lowest BCUT2D eigenvalue weighted by molar-refractivity contribution is -0.137. The predicted octanol–water partition coefficient (Wildman–Crippen LogP) is 0.972. The zero-order valence-corrected chi connectivity index (χ0v) is 7.27. The molecule has 0 radical (unpaired) electrons. The molecule has 0 aliphatic carbocycles. The molecule has 0 heterocycles. The number of rotatable bonds is 1. The van der Waals surface area contributed by atoms with E-state index < -0.39 is 11.7 Å². The minimum Gasteiger partial charge on any atom is -0.497 e. The predicted molar refractivity (Wildman–Crippen MR) is 46.2 cm³/mol. The maximum atomic E-state index is 12.2. The minimum absolute atomic E-state index is 0.466. The molecule has 0 aliphatic rings. The molecule has 70 valence electrons. The van der Waals surface area contributed by atoms with E-state index in [2.05, 4.69) is 0 Å². The Hall–Kier alpha value is -1.13. The monoisotopic (exact) mass is 188 g/mol. The summed E-state index contributed by atoms with van der Waals surface area (Å²) in [6.45, 7) is 0. The molecular weight excluding hydrogens is 180 g/mol. The smallest absolute Gasteiger partial charge is 0.416 e. The maximum absolute atomic E-state index is 12.2.